The lowest BCUT2D eigenvalue weighted by atomic mass is 10.2. The predicted octanol–water partition coefficient (Wildman–Crippen LogP) is 1.46. The lowest BCUT2D eigenvalue weighted by Gasteiger charge is -2.35. The average molecular weight is 328 g/mol. The maximum Gasteiger partial charge on any atom is 0.254 e. The van der Waals surface area contributed by atoms with Gasteiger partial charge < -0.3 is 9.80 Å². The monoisotopic (exact) mass is 328 g/mol. The second-order valence-electron chi connectivity index (χ2n) is 5.52. The van der Waals surface area contributed by atoms with Crippen LogP contribution in [0.15, 0.2) is 29.2 Å². The number of anilines is 1. The Morgan fingerprint density at radius 1 is 1.26 bits per heavy atom. The summed E-state index contributed by atoms with van der Waals surface area (Å²) in [5, 5.41) is 8.09. The van der Waals surface area contributed by atoms with Crippen LogP contribution >= 0.6 is 11.3 Å². The van der Waals surface area contributed by atoms with Crippen molar-refractivity contribution in [2.45, 2.75) is 6.92 Å². The summed E-state index contributed by atoms with van der Waals surface area (Å²) in [6, 6.07) is 3.89. The first-order valence-corrected chi connectivity index (χ1v) is 8.40. The van der Waals surface area contributed by atoms with E-state index < -0.39 is 0 Å². The summed E-state index contributed by atoms with van der Waals surface area (Å²) in [4.78, 5) is 25.1. The maximum absolute atomic E-state index is 12.4. The summed E-state index contributed by atoms with van der Waals surface area (Å²) in [6.07, 6.45) is 1.52. The van der Waals surface area contributed by atoms with Gasteiger partial charge in [0.15, 0.2) is 0 Å². The van der Waals surface area contributed by atoms with Gasteiger partial charge in [0.05, 0.1) is 5.56 Å². The molecule has 1 aliphatic rings. The Bertz CT molecular complexity index is 835. The van der Waals surface area contributed by atoms with Crippen molar-refractivity contribution in [3.63, 3.8) is 0 Å². The van der Waals surface area contributed by atoms with E-state index in [4.69, 9.17) is 0 Å². The van der Waals surface area contributed by atoms with Gasteiger partial charge in [0.2, 0.25) is 0 Å². The van der Waals surface area contributed by atoms with Gasteiger partial charge in [-0.2, -0.15) is 25.9 Å². The van der Waals surface area contributed by atoms with Gasteiger partial charge in [0.25, 0.3) is 11.7 Å². The molecule has 0 unspecified atom stereocenters. The first-order valence-electron chi connectivity index (χ1n) is 7.46. The van der Waals surface area contributed by atoms with Gasteiger partial charge in [-0.05, 0) is 18.4 Å². The minimum Gasteiger partial charge on any atom is -0.353 e. The standard InChI is InChI=1S/C15H16N6OS/c1-11-8-13(21-15(18-11)16-10-17-21)19-3-5-20(6-4-19)14(22)12-2-7-23-9-12/h2,7-10H,3-6H2,1H3. The zero-order valence-electron chi connectivity index (χ0n) is 12.7. The third-order valence-corrected chi connectivity index (χ3v) is 4.70. The van der Waals surface area contributed by atoms with E-state index in [1.807, 2.05) is 34.7 Å². The highest BCUT2D eigenvalue weighted by molar-refractivity contribution is 7.08. The molecule has 8 heteroatoms. The fourth-order valence-corrected chi connectivity index (χ4v) is 3.47. The lowest BCUT2D eigenvalue weighted by Crippen LogP contribution is -2.49. The van der Waals surface area contributed by atoms with Gasteiger partial charge in [0, 0.05) is 43.3 Å². The number of hydrogen-bond donors (Lipinski definition) is 0. The van der Waals surface area contributed by atoms with Crippen molar-refractivity contribution in [2.24, 2.45) is 0 Å². The third-order valence-electron chi connectivity index (χ3n) is 4.02. The van der Waals surface area contributed by atoms with Crippen LogP contribution in [0.5, 0.6) is 0 Å². The minimum atomic E-state index is 0.114. The predicted molar refractivity (Wildman–Crippen MR) is 88.0 cm³/mol. The Balaban J connectivity index is 1.53. The number of thiophene rings is 1. The number of rotatable bonds is 2. The lowest BCUT2D eigenvalue weighted by molar-refractivity contribution is 0.0747. The number of carbonyl (C=O) groups excluding carboxylic acids is 1. The van der Waals surface area contributed by atoms with Gasteiger partial charge in [-0.3, -0.25) is 4.79 Å². The third kappa shape index (κ3) is 2.55. The van der Waals surface area contributed by atoms with Crippen molar-refractivity contribution in [1.29, 1.82) is 0 Å². The zero-order valence-corrected chi connectivity index (χ0v) is 13.5. The summed E-state index contributed by atoms with van der Waals surface area (Å²) in [5.41, 5.74) is 1.69. The molecule has 23 heavy (non-hydrogen) atoms. The molecule has 0 atom stereocenters. The number of nitrogens with zero attached hydrogens (tertiary/aromatic N) is 6. The Morgan fingerprint density at radius 3 is 2.83 bits per heavy atom. The van der Waals surface area contributed by atoms with Crippen LogP contribution in [0.4, 0.5) is 5.82 Å². The maximum atomic E-state index is 12.4. The van der Waals surface area contributed by atoms with Crippen molar-refractivity contribution < 1.29 is 4.79 Å². The van der Waals surface area contributed by atoms with E-state index in [1.54, 1.807) is 15.9 Å². The molecular formula is C15H16N6OS. The summed E-state index contributed by atoms with van der Waals surface area (Å²) < 4.78 is 1.75. The molecule has 1 aliphatic heterocycles. The molecular weight excluding hydrogens is 312 g/mol. The van der Waals surface area contributed by atoms with Crippen LogP contribution in [-0.4, -0.2) is 56.6 Å². The van der Waals surface area contributed by atoms with Gasteiger partial charge in [-0.25, -0.2) is 4.98 Å². The van der Waals surface area contributed by atoms with Crippen LogP contribution in [0.1, 0.15) is 16.1 Å². The highest BCUT2D eigenvalue weighted by Gasteiger charge is 2.24. The van der Waals surface area contributed by atoms with Crippen LogP contribution < -0.4 is 4.90 Å². The number of carbonyl (C=O) groups is 1. The molecule has 3 aromatic rings. The summed E-state index contributed by atoms with van der Waals surface area (Å²) >= 11 is 1.55. The highest BCUT2D eigenvalue weighted by atomic mass is 32.1. The Labute approximate surface area is 137 Å². The van der Waals surface area contributed by atoms with Crippen molar-refractivity contribution in [3.05, 3.63) is 40.5 Å². The SMILES string of the molecule is Cc1cc(N2CCN(C(=O)c3ccsc3)CC2)n2ncnc2n1. The minimum absolute atomic E-state index is 0.114. The Kier molecular flexibility index (Phi) is 3.45. The molecule has 0 N–H and O–H groups in total. The molecule has 0 aromatic carbocycles. The average Bonchev–Trinajstić information content (AvgIpc) is 3.25. The summed E-state index contributed by atoms with van der Waals surface area (Å²) in [5.74, 6) is 1.70. The van der Waals surface area contributed by atoms with Gasteiger partial charge in [-0.1, -0.05) is 0 Å². The van der Waals surface area contributed by atoms with Gasteiger partial charge in [-0.15, -0.1) is 0 Å². The molecule has 1 amide bonds. The molecule has 0 bridgehead atoms. The fraction of sp³-hybridized carbons (Fsp3) is 0.333. The first kappa shape index (κ1) is 14.1. The normalized spacial score (nSPS) is 15.3. The molecule has 1 saturated heterocycles. The number of hydrogen-bond acceptors (Lipinski definition) is 6. The number of fused-ring (bicyclic) bond motifs is 1. The largest absolute Gasteiger partial charge is 0.353 e. The fourth-order valence-electron chi connectivity index (χ4n) is 2.84. The van der Waals surface area contributed by atoms with Gasteiger partial charge in [0.1, 0.15) is 12.1 Å². The van der Waals surface area contributed by atoms with Crippen molar-refractivity contribution >= 4 is 28.8 Å². The molecule has 0 radical (unpaired) electrons. The summed E-state index contributed by atoms with van der Waals surface area (Å²) in [7, 11) is 0. The second kappa shape index (κ2) is 5.62. The quantitative estimate of drug-likeness (QED) is 0.712. The van der Waals surface area contributed by atoms with Crippen LogP contribution in [-0.2, 0) is 0 Å². The van der Waals surface area contributed by atoms with Crippen molar-refractivity contribution in [1.82, 2.24) is 24.5 Å². The number of piperazine rings is 1. The molecule has 0 spiro atoms. The molecule has 7 nitrogen and oxygen atoms in total. The molecule has 3 aromatic heterocycles. The second-order valence-corrected chi connectivity index (χ2v) is 6.30. The van der Waals surface area contributed by atoms with Crippen LogP contribution in [0, 0.1) is 6.92 Å². The van der Waals surface area contributed by atoms with E-state index in [-0.39, 0.29) is 5.91 Å². The van der Waals surface area contributed by atoms with E-state index in [0.29, 0.717) is 18.9 Å². The first-order chi connectivity index (χ1) is 11.2. The zero-order chi connectivity index (χ0) is 15.8. The van der Waals surface area contributed by atoms with Crippen LogP contribution in [0.3, 0.4) is 0 Å². The number of amides is 1. The smallest absolute Gasteiger partial charge is 0.254 e. The van der Waals surface area contributed by atoms with Gasteiger partial charge >= 0.3 is 0 Å². The van der Waals surface area contributed by atoms with E-state index in [2.05, 4.69) is 20.0 Å². The molecule has 0 aliphatic carbocycles. The topological polar surface area (TPSA) is 66.6 Å². The molecule has 1 fully saturated rings. The molecule has 118 valence electrons. The van der Waals surface area contributed by atoms with Crippen molar-refractivity contribution in [2.75, 3.05) is 31.1 Å². The highest BCUT2D eigenvalue weighted by Crippen LogP contribution is 2.19. The van der Waals surface area contributed by atoms with E-state index in [0.717, 1.165) is 30.2 Å². The van der Waals surface area contributed by atoms with E-state index in [9.17, 15) is 4.79 Å². The molecule has 0 saturated carbocycles. The summed E-state index contributed by atoms with van der Waals surface area (Å²) in [6.45, 7) is 4.90. The number of aryl methyl sites for hydroxylation is 1. The van der Waals surface area contributed by atoms with E-state index in [1.165, 1.54) is 6.33 Å². The molecule has 4 rings (SSSR count). The van der Waals surface area contributed by atoms with Crippen molar-refractivity contribution in [3.8, 4) is 0 Å². The number of aromatic nitrogens is 4. The molecule has 4 heterocycles. The Morgan fingerprint density at radius 2 is 2.09 bits per heavy atom. The van der Waals surface area contributed by atoms with Crippen LogP contribution in [0.25, 0.3) is 5.78 Å². The van der Waals surface area contributed by atoms with E-state index >= 15 is 0 Å². The van der Waals surface area contributed by atoms with Crippen LogP contribution in [0.2, 0.25) is 0 Å². The Hall–Kier alpha value is -2.48.